The summed E-state index contributed by atoms with van der Waals surface area (Å²) >= 11 is 0. The lowest BCUT2D eigenvalue weighted by atomic mass is 9.87. The summed E-state index contributed by atoms with van der Waals surface area (Å²) in [5.41, 5.74) is 9.08. The van der Waals surface area contributed by atoms with Crippen LogP contribution in [0.3, 0.4) is 0 Å². The van der Waals surface area contributed by atoms with E-state index in [4.69, 9.17) is 10.2 Å². The summed E-state index contributed by atoms with van der Waals surface area (Å²) < 4.78 is 19.0. The fraction of sp³-hybridized carbons (Fsp3) is 0.235. The van der Waals surface area contributed by atoms with E-state index < -0.39 is 5.82 Å². The van der Waals surface area contributed by atoms with Gasteiger partial charge in [-0.1, -0.05) is 26.8 Å². The van der Waals surface area contributed by atoms with Crippen LogP contribution in [0.15, 0.2) is 40.8 Å². The van der Waals surface area contributed by atoms with Crippen molar-refractivity contribution in [3.63, 3.8) is 0 Å². The monoisotopic (exact) mass is 284 g/mol. The summed E-state index contributed by atoms with van der Waals surface area (Å²) in [7, 11) is 0. The molecule has 0 radical (unpaired) electrons. The lowest BCUT2D eigenvalue weighted by Gasteiger charge is -2.18. The number of fused-ring (bicyclic) bond motifs is 1. The zero-order valence-corrected chi connectivity index (χ0v) is 12.3. The molecule has 0 aliphatic carbocycles. The van der Waals surface area contributed by atoms with Crippen molar-refractivity contribution in [3.05, 3.63) is 47.8 Å². The summed E-state index contributed by atoms with van der Waals surface area (Å²) in [6.45, 7) is 6.45. The first-order valence-electron chi connectivity index (χ1n) is 6.81. The molecule has 0 aliphatic rings. The highest BCUT2D eigenvalue weighted by Gasteiger charge is 2.16. The van der Waals surface area contributed by atoms with Gasteiger partial charge in [0, 0.05) is 5.56 Å². The topological polar surface area (TPSA) is 52.0 Å². The van der Waals surface area contributed by atoms with E-state index >= 15 is 0 Å². The Morgan fingerprint density at radius 2 is 1.86 bits per heavy atom. The molecular weight excluding hydrogens is 267 g/mol. The van der Waals surface area contributed by atoms with E-state index in [1.54, 1.807) is 6.07 Å². The number of halogens is 1. The van der Waals surface area contributed by atoms with Gasteiger partial charge in [0.2, 0.25) is 5.89 Å². The largest absolute Gasteiger partial charge is 0.436 e. The Morgan fingerprint density at radius 1 is 1.10 bits per heavy atom. The van der Waals surface area contributed by atoms with Gasteiger partial charge in [-0.05, 0) is 41.3 Å². The molecule has 0 aliphatic heterocycles. The first kappa shape index (κ1) is 13.6. The minimum Gasteiger partial charge on any atom is -0.436 e. The van der Waals surface area contributed by atoms with Crippen LogP contribution in [0.4, 0.5) is 10.1 Å². The number of rotatable bonds is 1. The molecule has 3 rings (SSSR count). The van der Waals surface area contributed by atoms with Crippen molar-refractivity contribution in [1.29, 1.82) is 0 Å². The number of nitrogens with two attached hydrogens (primary N) is 1. The van der Waals surface area contributed by atoms with E-state index in [-0.39, 0.29) is 11.1 Å². The van der Waals surface area contributed by atoms with E-state index in [0.717, 1.165) is 5.52 Å². The molecule has 2 N–H and O–H groups in total. The first-order valence-corrected chi connectivity index (χ1v) is 6.81. The Morgan fingerprint density at radius 3 is 2.52 bits per heavy atom. The third-order valence-electron chi connectivity index (χ3n) is 3.50. The van der Waals surface area contributed by atoms with E-state index in [0.29, 0.717) is 17.0 Å². The van der Waals surface area contributed by atoms with Gasteiger partial charge in [-0.15, -0.1) is 0 Å². The van der Waals surface area contributed by atoms with Crippen molar-refractivity contribution in [1.82, 2.24) is 4.98 Å². The van der Waals surface area contributed by atoms with Gasteiger partial charge < -0.3 is 10.2 Å². The second-order valence-corrected chi connectivity index (χ2v) is 6.19. The maximum Gasteiger partial charge on any atom is 0.227 e. The Kier molecular flexibility index (Phi) is 2.97. The van der Waals surface area contributed by atoms with E-state index in [1.807, 2.05) is 18.2 Å². The molecule has 0 atom stereocenters. The average molecular weight is 284 g/mol. The maximum atomic E-state index is 13.2. The molecule has 0 unspecified atom stereocenters. The van der Waals surface area contributed by atoms with Gasteiger partial charge in [0.25, 0.3) is 0 Å². The minimum absolute atomic E-state index is 0.0492. The second kappa shape index (κ2) is 4.58. The number of aromatic nitrogens is 1. The van der Waals surface area contributed by atoms with Crippen molar-refractivity contribution in [2.45, 2.75) is 26.2 Å². The number of nitrogens with zero attached hydrogens (tertiary/aromatic N) is 1. The highest BCUT2D eigenvalue weighted by molar-refractivity contribution is 5.77. The number of hydrogen-bond donors (Lipinski definition) is 1. The molecule has 21 heavy (non-hydrogen) atoms. The molecule has 4 heteroatoms. The van der Waals surface area contributed by atoms with Crippen LogP contribution in [0.5, 0.6) is 0 Å². The van der Waals surface area contributed by atoms with Crippen LogP contribution in [-0.2, 0) is 5.41 Å². The Labute approximate surface area is 122 Å². The molecule has 1 aromatic heterocycles. The van der Waals surface area contributed by atoms with Crippen LogP contribution in [0.1, 0.15) is 26.3 Å². The molecule has 0 saturated heterocycles. The van der Waals surface area contributed by atoms with Gasteiger partial charge in [-0.25, -0.2) is 9.37 Å². The minimum atomic E-state index is -0.440. The third kappa shape index (κ3) is 2.49. The summed E-state index contributed by atoms with van der Waals surface area (Å²) in [5.74, 6) is 0.00707. The predicted molar refractivity (Wildman–Crippen MR) is 82.5 cm³/mol. The lowest BCUT2D eigenvalue weighted by Crippen LogP contribution is -2.10. The number of benzene rings is 2. The Hall–Kier alpha value is -2.36. The molecule has 0 spiro atoms. The van der Waals surface area contributed by atoms with Crippen molar-refractivity contribution in [2.75, 3.05) is 5.73 Å². The standard InChI is InChI=1S/C17H17FN2O/c1-17(2,3)11-5-7-15-14(9-11)20-16(21-15)10-4-6-12(18)13(19)8-10/h4-9H,19H2,1-3H3. The average Bonchev–Trinajstić information content (AvgIpc) is 2.83. The smallest absolute Gasteiger partial charge is 0.227 e. The first-order chi connectivity index (χ1) is 9.84. The maximum absolute atomic E-state index is 13.2. The van der Waals surface area contributed by atoms with Gasteiger partial charge in [0.1, 0.15) is 11.3 Å². The quantitative estimate of drug-likeness (QED) is 0.669. The van der Waals surface area contributed by atoms with Crippen LogP contribution in [0, 0.1) is 5.82 Å². The van der Waals surface area contributed by atoms with Gasteiger partial charge >= 0.3 is 0 Å². The van der Waals surface area contributed by atoms with Crippen LogP contribution in [0.2, 0.25) is 0 Å². The molecular formula is C17H17FN2O. The molecule has 0 amide bonds. The molecule has 2 aromatic carbocycles. The predicted octanol–water partition coefficient (Wildman–Crippen LogP) is 4.51. The van der Waals surface area contributed by atoms with Crippen molar-refractivity contribution >= 4 is 16.8 Å². The Balaban J connectivity index is 2.10. The lowest BCUT2D eigenvalue weighted by molar-refractivity contribution is 0.590. The molecule has 1 heterocycles. The summed E-state index contributed by atoms with van der Waals surface area (Å²) in [5, 5.41) is 0. The molecule has 0 fully saturated rings. The van der Waals surface area contributed by atoms with Crippen molar-refractivity contribution in [2.24, 2.45) is 0 Å². The zero-order valence-electron chi connectivity index (χ0n) is 12.3. The summed E-state index contributed by atoms with van der Waals surface area (Å²) in [6.07, 6.45) is 0. The zero-order chi connectivity index (χ0) is 15.2. The van der Waals surface area contributed by atoms with Crippen LogP contribution in [-0.4, -0.2) is 4.98 Å². The number of anilines is 1. The third-order valence-corrected chi connectivity index (χ3v) is 3.50. The van der Waals surface area contributed by atoms with Crippen LogP contribution in [0.25, 0.3) is 22.6 Å². The highest BCUT2D eigenvalue weighted by Crippen LogP contribution is 2.30. The normalized spacial score (nSPS) is 12.0. The molecule has 3 aromatic rings. The molecule has 3 nitrogen and oxygen atoms in total. The molecule has 0 bridgehead atoms. The summed E-state index contributed by atoms with van der Waals surface area (Å²) in [4.78, 5) is 4.48. The van der Waals surface area contributed by atoms with Crippen LogP contribution < -0.4 is 5.73 Å². The van der Waals surface area contributed by atoms with Crippen molar-refractivity contribution < 1.29 is 8.81 Å². The van der Waals surface area contributed by atoms with E-state index in [2.05, 4.69) is 25.8 Å². The molecule has 108 valence electrons. The fourth-order valence-electron chi connectivity index (χ4n) is 2.19. The van der Waals surface area contributed by atoms with Crippen LogP contribution >= 0.6 is 0 Å². The Bertz CT molecular complexity index is 815. The van der Waals surface area contributed by atoms with E-state index in [9.17, 15) is 4.39 Å². The number of nitrogen functional groups attached to an aromatic ring is 1. The van der Waals surface area contributed by atoms with Gasteiger partial charge in [0.05, 0.1) is 5.69 Å². The van der Waals surface area contributed by atoms with Gasteiger partial charge in [0.15, 0.2) is 5.58 Å². The number of oxazole rings is 1. The van der Waals surface area contributed by atoms with Gasteiger partial charge in [-0.2, -0.15) is 0 Å². The number of hydrogen-bond acceptors (Lipinski definition) is 3. The fourth-order valence-corrected chi connectivity index (χ4v) is 2.19. The second-order valence-electron chi connectivity index (χ2n) is 6.19. The van der Waals surface area contributed by atoms with E-state index in [1.165, 1.54) is 17.7 Å². The summed E-state index contributed by atoms with van der Waals surface area (Å²) in [6, 6.07) is 10.4. The highest BCUT2D eigenvalue weighted by atomic mass is 19.1. The van der Waals surface area contributed by atoms with Gasteiger partial charge in [-0.3, -0.25) is 0 Å². The van der Waals surface area contributed by atoms with Crippen molar-refractivity contribution in [3.8, 4) is 11.5 Å². The molecule has 0 saturated carbocycles. The SMILES string of the molecule is CC(C)(C)c1ccc2oc(-c3ccc(F)c(N)c3)nc2c1.